The van der Waals surface area contributed by atoms with Crippen LogP contribution in [-0.4, -0.2) is 63.0 Å². The lowest BCUT2D eigenvalue weighted by atomic mass is 9.66. The van der Waals surface area contributed by atoms with Crippen molar-refractivity contribution in [2.45, 2.75) is 62.6 Å². The Kier molecular flexibility index (Phi) is 8.37. The number of ether oxygens (including phenoxy) is 1. The number of carbonyl (C=O) groups is 3. The van der Waals surface area contributed by atoms with Crippen LogP contribution in [0.4, 0.5) is 11.4 Å². The minimum absolute atomic E-state index is 0.0247. The summed E-state index contributed by atoms with van der Waals surface area (Å²) in [6.07, 6.45) is 1.29. The van der Waals surface area contributed by atoms with Gasteiger partial charge in [0.15, 0.2) is 0 Å². The van der Waals surface area contributed by atoms with E-state index in [4.69, 9.17) is 4.74 Å². The number of hydrogen-bond donors (Lipinski definition) is 3. The summed E-state index contributed by atoms with van der Waals surface area (Å²) in [6, 6.07) is 19.6. The molecule has 8 nitrogen and oxygen atoms in total. The molecule has 3 unspecified atom stereocenters. The number of benzene rings is 3. The largest absolute Gasteiger partial charge is 0.494 e. The molecule has 6 rings (SSSR count). The summed E-state index contributed by atoms with van der Waals surface area (Å²) >= 11 is 1.63. The van der Waals surface area contributed by atoms with Crippen LogP contribution in [0.25, 0.3) is 10.8 Å². The molecule has 3 fully saturated rings. The van der Waals surface area contributed by atoms with Gasteiger partial charge in [-0.25, -0.2) is 0 Å². The summed E-state index contributed by atoms with van der Waals surface area (Å²) in [5.41, 5.74) is 1.29. The average molecular weight is 616 g/mol. The van der Waals surface area contributed by atoms with E-state index in [0.717, 1.165) is 22.9 Å². The van der Waals surface area contributed by atoms with Crippen molar-refractivity contribution >= 4 is 51.6 Å². The molecule has 3 aliphatic rings. The van der Waals surface area contributed by atoms with Crippen LogP contribution in [0.3, 0.4) is 0 Å². The van der Waals surface area contributed by atoms with Gasteiger partial charge in [0.05, 0.1) is 35.8 Å². The number of aliphatic hydroxyl groups excluding tert-OH is 1. The lowest BCUT2D eigenvalue weighted by Gasteiger charge is -2.40. The highest BCUT2D eigenvalue weighted by Gasteiger charge is 2.76. The van der Waals surface area contributed by atoms with Crippen LogP contribution in [0.5, 0.6) is 5.75 Å². The average Bonchev–Trinajstić information content (AvgIpc) is 3.60. The third-order valence-electron chi connectivity index (χ3n) is 9.53. The number of fused-ring (bicyclic) bond motifs is 2. The Morgan fingerprint density at radius 2 is 1.70 bits per heavy atom. The Morgan fingerprint density at radius 1 is 1.02 bits per heavy atom. The molecule has 0 saturated carbocycles. The van der Waals surface area contributed by atoms with E-state index in [0.29, 0.717) is 24.4 Å². The van der Waals surface area contributed by atoms with Crippen LogP contribution >= 0.6 is 11.8 Å². The number of anilines is 2. The van der Waals surface area contributed by atoms with E-state index in [1.807, 2.05) is 75.4 Å². The normalized spacial score (nSPS) is 27.9. The number of rotatable bonds is 10. The van der Waals surface area contributed by atoms with Crippen molar-refractivity contribution in [1.29, 1.82) is 0 Å². The number of amides is 3. The molecule has 3 amide bonds. The molecule has 0 aliphatic carbocycles. The van der Waals surface area contributed by atoms with Gasteiger partial charge >= 0.3 is 0 Å². The number of aliphatic hydroxyl groups is 1. The van der Waals surface area contributed by atoms with Gasteiger partial charge in [0, 0.05) is 16.6 Å². The van der Waals surface area contributed by atoms with E-state index < -0.39 is 28.7 Å². The fraction of sp³-hybridized carbons (Fsp3) is 0.457. The summed E-state index contributed by atoms with van der Waals surface area (Å²) in [7, 11) is 0. The molecular formula is C35H41N3O5S. The first-order valence-electron chi connectivity index (χ1n) is 15.6. The molecule has 1 spiro atoms. The number of thioether (sulfide) groups is 1. The van der Waals surface area contributed by atoms with Crippen molar-refractivity contribution in [2.24, 2.45) is 23.7 Å². The van der Waals surface area contributed by atoms with E-state index in [1.165, 1.54) is 0 Å². The molecule has 2 bridgehead atoms. The molecule has 3 aromatic carbocycles. The standard InChI is InChI=1S/C35H41N3O5S/c1-5-43-27-14-12-24(13-15-27)36-32(40)29-28-17-21(4)35(44-28)30(29)34(42)38(26(19-39)16-20(2)3)31(35)33(41)37-25-11-10-22-8-6-7-9-23(22)18-25/h6-15,18,20-21,26,28-31,39H,5,16-17,19H2,1-4H3,(H,36,40)(H,37,41)/t21?,26-,28+,29-,30+,31?,35?/m1/s1. The van der Waals surface area contributed by atoms with E-state index in [2.05, 4.69) is 17.6 Å². The predicted molar refractivity (Wildman–Crippen MR) is 175 cm³/mol. The fourth-order valence-corrected chi connectivity index (χ4v) is 10.2. The number of nitrogens with zero attached hydrogens (tertiary/aromatic N) is 1. The second-order valence-corrected chi connectivity index (χ2v) is 14.3. The van der Waals surface area contributed by atoms with E-state index >= 15 is 0 Å². The first-order chi connectivity index (χ1) is 21.2. The van der Waals surface area contributed by atoms with Crippen LogP contribution < -0.4 is 15.4 Å². The predicted octanol–water partition coefficient (Wildman–Crippen LogP) is 5.56. The van der Waals surface area contributed by atoms with E-state index in [-0.39, 0.29) is 41.4 Å². The molecule has 232 valence electrons. The summed E-state index contributed by atoms with van der Waals surface area (Å²) in [5.74, 6) is -1.01. The lowest BCUT2D eigenvalue weighted by molar-refractivity contribution is -0.141. The molecule has 9 heteroatoms. The van der Waals surface area contributed by atoms with Crippen LogP contribution in [0.15, 0.2) is 66.7 Å². The maximum absolute atomic E-state index is 14.5. The molecule has 3 heterocycles. The third-order valence-corrected chi connectivity index (χ3v) is 11.6. The van der Waals surface area contributed by atoms with Crippen molar-refractivity contribution < 1.29 is 24.2 Å². The minimum atomic E-state index is -0.823. The van der Waals surface area contributed by atoms with Gasteiger partial charge in [-0.2, -0.15) is 0 Å². The summed E-state index contributed by atoms with van der Waals surface area (Å²) < 4.78 is 4.75. The van der Waals surface area contributed by atoms with E-state index in [1.54, 1.807) is 28.8 Å². The highest BCUT2D eigenvalue weighted by molar-refractivity contribution is 8.02. The van der Waals surface area contributed by atoms with Crippen molar-refractivity contribution in [3.63, 3.8) is 0 Å². The molecule has 3 aliphatic heterocycles. The Morgan fingerprint density at radius 3 is 2.39 bits per heavy atom. The second kappa shape index (κ2) is 12.1. The van der Waals surface area contributed by atoms with Crippen LogP contribution in [-0.2, 0) is 14.4 Å². The molecular weight excluding hydrogens is 574 g/mol. The first kappa shape index (κ1) is 30.5. The first-order valence-corrected chi connectivity index (χ1v) is 16.5. The van der Waals surface area contributed by atoms with Gasteiger partial charge in [-0.15, -0.1) is 11.8 Å². The molecule has 0 aromatic heterocycles. The Bertz CT molecular complexity index is 1560. The van der Waals surface area contributed by atoms with Gasteiger partial charge in [0.2, 0.25) is 17.7 Å². The van der Waals surface area contributed by atoms with Gasteiger partial charge in [-0.1, -0.05) is 51.1 Å². The van der Waals surface area contributed by atoms with Crippen molar-refractivity contribution in [3.8, 4) is 5.75 Å². The maximum Gasteiger partial charge on any atom is 0.248 e. The van der Waals surface area contributed by atoms with Crippen LogP contribution in [0.1, 0.15) is 40.5 Å². The zero-order chi connectivity index (χ0) is 31.2. The zero-order valence-electron chi connectivity index (χ0n) is 25.7. The van der Waals surface area contributed by atoms with Crippen molar-refractivity contribution in [3.05, 3.63) is 66.7 Å². The third kappa shape index (κ3) is 5.13. The number of likely N-dealkylation sites (tertiary alicyclic amines) is 1. The lowest BCUT2D eigenvalue weighted by Crippen LogP contribution is -2.57. The van der Waals surface area contributed by atoms with Gasteiger partial charge in [-0.3, -0.25) is 14.4 Å². The smallest absolute Gasteiger partial charge is 0.248 e. The van der Waals surface area contributed by atoms with Crippen LogP contribution in [0.2, 0.25) is 0 Å². The van der Waals surface area contributed by atoms with Gasteiger partial charge in [0.25, 0.3) is 0 Å². The Hall–Kier alpha value is -3.56. The molecule has 3 saturated heterocycles. The van der Waals surface area contributed by atoms with Gasteiger partial charge in [-0.05, 0) is 78.8 Å². The number of hydrogen-bond acceptors (Lipinski definition) is 6. The van der Waals surface area contributed by atoms with Gasteiger partial charge in [0.1, 0.15) is 11.8 Å². The highest BCUT2D eigenvalue weighted by atomic mass is 32.2. The molecule has 7 atom stereocenters. The Balaban J connectivity index is 1.35. The summed E-state index contributed by atoms with van der Waals surface area (Å²) in [5, 5.41) is 18.7. The van der Waals surface area contributed by atoms with Gasteiger partial charge < -0.3 is 25.4 Å². The maximum atomic E-state index is 14.5. The fourth-order valence-electron chi connectivity index (χ4n) is 7.78. The number of carbonyl (C=O) groups excluding carboxylic acids is 3. The van der Waals surface area contributed by atoms with E-state index in [9.17, 15) is 19.5 Å². The van der Waals surface area contributed by atoms with Crippen molar-refractivity contribution in [1.82, 2.24) is 4.90 Å². The zero-order valence-corrected chi connectivity index (χ0v) is 26.5. The topological polar surface area (TPSA) is 108 Å². The quantitative estimate of drug-likeness (QED) is 0.276. The number of nitrogens with one attached hydrogen (secondary N) is 2. The summed E-state index contributed by atoms with van der Waals surface area (Å²) in [6.45, 7) is 8.40. The molecule has 44 heavy (non-hydrogen) atoms. The van der Waals surface area contributed by atoms with Crippen molar-refractivity contribution in [2.75, 3.05) is 23.8 Å². The molecule has 3 N–H and O–H groups in total. The molecule has 3 aromatic rings. The second-order valence-electron chi connectivity index (χ2n) is 12.8. The molecule has 0 radical (unpaired) electrons. The monoisotopic (exact) mass is 615 g/mol. The minimum Gasteiger partial charge on any atom is -0.494 e. The highest BCUT2D eigenvalue weighted by Crippen LogP contribution is 2.69. The summed E-state index contributed by atoms with van der Waals surface area (Å²) in [4.78, 5) is 44.6. The SMILES string of the molecule is CCOc1ccc(NC(=O)[C@@H]2[C@@H]3CC(C)C4(S3)C(C(=O)Nc3ccc5ccccc5c3)N([C@@H](CO)CC(C)C)C(=O)[C@H]24)cc1. The Labute approximate surface area is 262 Å². The van der Waals surface area contributed by atoms with Crippen LogP contribution in [0, 0.1) is 23.7 Å².